The third kappa shape index (κ3) is 4.73. The van der Waals surface area contributed by atoms with E-state index in [1.807, 2.05) is 26.2 Å². The molecule has 1 amide bonds. The second kappa shape index (κ2) is 7.29. The van der Waals surface area contributed by atoms with Crippen LogP contribution in [0.15, 0.2) is 24.3 Å². The molecule has 1 heterocycles. The van der Waals surface area contributed by atoms with Crippen LogP contribution in [0.3, 0.4) is 0 Å². The number of aliphatic hydroxyl groups is 1. The molecule has 1 aliphatic heterocycles. The maximum Gasteiger partial charge on any atom is 0.252 e. The van der Waals surface area contributed by atoms with Gasteiger partial charge in [0.05, 0.1) is 0 Å². The van der Waals surface area contributed by atoms with Gasteiger partial charge in [0.25, 0.3) is 5.91 Å². The van der Waals surface area contributed by atoms with Crippen molar-refractivity contribution in [1.29, 1.82) is 0 Å². The Kier molecular flexibility index (Phi) is 5.67. The topological polar surface area (TPSA) is 52.6 Å². The number of rotatable bonds is 5. The van der Waals surface area contributed by atoms with Gasteiger partial charge >= 0.3 is 0 Å². The number of amides is 1. The van der Waals surface area contributed by atoms with Crippen LogP contribution in [0.4, 0.5) is 0 Å². The predicted octanol–water partition coefficient (Wildman–Crippen LogP) is 1.62. The van der Waals surface area contributed by atoms with Crippen molar-refractivity contribution in [3.63, 3.8) is 0 Å². The van der Waals surface area contributed by atoms with Gasteiger partial charge in [-0.3, -0.25) is 4.79 Å². The Morgan fingerprint density at radius 2 is 2.00 bits per heavy atom. The van der Waals surface area contributed by atoms with Crippen LogP contribution in [0.1, 0.15) is 24.0 Å². The van der Waals surface area contributed by atoms with Gasteiger partial charge in [0.2, 0.25) is 0 Å². The number of nitrogens with zero attached hydrogens (tertiary/aromatic N) is 1. The van der Waals surface area contributed by atoms with E-state index in [-0.39, 0.29) is 5.91 Å². The van der Waals surface area contributed by atoms with Crippen molar-refractivity contribution >= 4 is 17.7 Å². The smallest absolute Gasteiger partial charge is 0.252 e. The summed E-state index contributed by atoms with van der Waals surface area (Å²) in [4.78, 5) is 14.3. The number of nitrogens with one attached hydrogen (secondary N) is 1. The van der Waals surface area contributed by atoms with Crippen LogP contribution in [0.2, 0.25) is 0 Å². The molecule has 21 heavy (non-hydrogen) atoms. The van der Waals surface area contributed by atoms with Gasteiger partial charge in [-0.05, 0) is 49.6 Å². The Morgan fingerprint density at radius 3 is 2.67 bits per heavy atom. The van der Waals surface area contributed by atoms with Crippen molar-refractivity contribution in [3.8, 4) is 0 Å². The highest BCUT2D eigenvalue weighted by molar-refractivity contribution is 7.99. The zero-order valence-corrected chi connectivity index (χ0v) is 13.6. The normalized spacial score (nSPS) is 17.7. The molecule has 5 heteroatoms. The van der Waals surface area contributed by atoms with Gasteiger partial charge in [-0.15, -0.1) is 0 Å². The largest absolute Gasteiger partial charge is 0.380 e. The molecule has 1 aliphatic rings. The number of carbonyl (C=O) groups is 1. The highest BCUT2D eigenvalue weighted by atomic mass is 32.2. The van der Waals surface area contributed by atoms with Gasteiger partial charge in [-0.25, -0.2) is 0 Å². The van der Waals surface area contributed by atoms with Crippen LogP contribution in [0.5, 0.6) is 0 Å². The second-order valence-corrected chi connectivity index (χ2v) is 7.11. The van der Waals surface area contributed by atoms with Gasteiger partial charge in [-0.1, -0.05) is 24.3 Å². The second-order valence-electron chi connectivity index (χ2n) is 5.88. The van der Waals surface area contributed by atoms with Gasteiger partial charge in [0.15, 0.2) is 0 Å². The van der Waals surface area contributed by atoms with E-state index in [9.17, 15) is 9.90 Å². The predicted molar refractivity (Wildman–Crippen MR) is 87.2 cm³/mol. The molecule has 0 atom stereocenters. The SMILES string of the molecule is CN(C)Cc1cccc(CNC(=O)C2(O)CCSCC2)c1. The van der Waals surface area contributed by atoms with E-state index < -0.39 is 5.60 Å². The first-order chi connectivity index (χ1) is 9.99. The summed E-state index contributed by atoms with van der Waals surface area (Å²) in [5.41, 5.74) is 1.11. The van der Waals surface area contributed by atoms with E-state index in [2.05, 4.69) is 22.3 Å². The Morgan fingerprint density at radius 1 is 1.33 bits per heavy atom. The molecule has 116 valence electrons. The van der Waals surface area contributed by atoms with E-state index in [0.29, 0.717) is 19.4 Å². The number of hydrogen-bond donors (Lipinski definition) is 2. The van der Waals surface area contributed by atoms with Crippen molar-refractivity contribution in [2.45, 2.75) is 31.5 Å². The molecule has 0 aliphatic carbocycles. The van der Waals surface area contributed by atoms with E-state index in [1.54, 1.807) is 11.8 Å². The van der Waals surface area contributed by atoms with E-state index in [4.69, 9.17) is 0 Å². The standard InChI is InChI=1S/C16H24N2O2S/c1-18(2)12-14-5-3-4-13(10-14)11-17-15(19)16(20)6-8-21-9-7-16/h3-5,10,20H,6-9,11-12H2,1-2H3,(H,17,19). The summed E-state index contributed by atoms with van der Waals surface area (Å²) in [5.74, 6) is 1.46. The molecule has 1 aromatic carbocycles. The molecule has 1 fully saturated rings. The number of hydrogen-bond acceptors (Lipinski definition) is 4. The van der Waals surface area contributed by atoms with Gasteiger partial charge in [0, 0.05) is 13.1 Å². The highest BCUT2D eigenvalue weighted by Gasteiger charge is 2.37. The summed E-state index contributed by atoms with van der Waals surface area (Å²) in [6.07, 6.45) is 1.09. The minimum Gasteiger partial charge on any atom is -0.380 e. The molecule has 0 spiro atoms. The maximum atomic E-state index is 12.2. The first-order valence-corrected chi connectivity index (χ1v) is 8.46. The lowest BCUT2D eigenvalue weighted by Crippen LogP contribution is -2.48. The van der Waals surface area contributed by atoms with E-state index in [1.165, 1.54) is 5.56 Å². The summed E-state index contributed by atoms with van der Waals surface area (Å²) in [5, 5.41) is 13.2. The van der Waals surface area contributed by atoms with Crippen LogP contribution >= 0.6 is 11.8 Å². The van der Waals surface area contributed by atoms with Crippen LogP contribution in [0.25, 0.3) is 0 Å². The quantitative estimate of drug-likeness (QED) is 0.868. The van der Waals surface area contributed by atoms with Crippen molar-refractivity contribution < 1.29 is 9.90 Å². The highest BCUT2D eigenvalue weighted by Crippen LogP contribution is 2.27. The molecular weight excluding hydrogens is 284 g/mol. The van der Waals surface area contributed by atoms with Crippen LogP contribution in [0, 0.1) is 0 Å². The minimum atomic E-state index is -1.17. The van der Waals surface area contributed by atoms with E-state index in [0.717, 1.165) is 23.6 Å². The molecule has 0 saturated carbocycles. The number of benzene rings is 1. The maximum absolute atomic E-state index is 12.2. The summed E-state index contributed by atoms with van der Waals surface area (Å²) in [6, 6.07) is 8.19. The monoisotopic (exact) mass is 308 g/mol. The zero-order valence-electron chi connectivity index (χ0n) is 12.8. The molecule has 1 saturated heterocycles. The Balaban J connectivity index is 1.91. The Hall–Kier alpha value is -1.04. The minimum absolute atomic E-state index is 0.235. The molecule has 4 nitrogen and oxygen atoms in total. The van der Waals surface area contributed by atoms with Crippen LogP contribution in [-0.2, 0) is 17.9 Å². The molecule has 0 aromatic heterocycles. The average molecular weight is 308 g/mol. The number of carbonyl (C=O) groups excluding carboxylic acids is 1. The van der Waals surface area contributed by atoms with Crippen molar-refractivity contribution in [2.75, 3.05) is 25.6 Å². The summed E-state index contributed by atoms with van der Waals surface area (Å²) in [7, 11) is 4.07. The average Bonchev–Trinajstić information content (AvgIpc) is 2.45. The Bertz CT molecular complexity index is 485. The molecule has 0 unspecified atom stereocenters. The van der Waals surface area contributed by atoms with Crippen LogP contribution in [-0.4, -0.2) is 47.1 Å². The lowest BCUT2D eigenvalue weighted by molar-refractivity contribution is -0.140. The first kappa shape index (κ1) is 16.3. The fourth-order valence-corrected chi connectivity index (χ4v) is 3.65. The summed E-state index contributed by atoms with van der Waals surface area (Å²) in [6.45, 7) is 1.35. The molecule has 1 aromatic rings. The van der Waals surface area contributed by atoms with Gasteiger partial charge in [-0.2, -0.15) is 11.8 Å². The molecule has 0 bridgehead atoms. The Labute approximate surface area is 130 Å². The fraction of sp³-hybridized carbons (Fsp3) is 0.562. The molecule has 0 radical (unpaired) electrons. The van der Waals surface area contributed by atoms with E-state index >= 15 is 0 Å². The van der Waals surface area contributed by atoms with Crippen LogP contribution < -0.4 is 5.32 Å². The van der Waals surface area contributed by atoms with Gasteiger partial charge in [0.1, 0.15) is 5.60 Å². The van der Waals surface area contributed by atoms with Crippen molar-refractivity contribution in [1.82, 2.24) is 10.2 Å². The van der Waals surface area contributed by atoms with Crippen molar-refractivity contribution in [3.05, 3.63) is 35.4 Å². The number of thioether (sulfide) groups is 1. The van der Waals surface area contributed by atoms with Crippen molar-refractivity contribution in [2.24, 2.45) is 0 Å². The molecular formula is C16H24N2O2S. The lowest BCUT2D eigenvalue weighted by atomic mass is 9.95. The molecule has 2 rings (SSSR count). The van der Waals surface area contributed by atoms with Gasteiger partial charge < -0.3 is 15.3 Å². The summed E-state index contributed by atoms with van der Waals surface area (Å²) < 4.78 is 0. The summed E-state index contributed by atoms with van der Waals surface area (Å²) >= 11 is 1.79. The molecule has 2 N–H and O–H groups in total. The fourth-order valence-electron chi connectivity index (χ4n) is 2.49. The first-order valence-electron chi connectivity index (χ1n) is 7.30. The zero-order chi connectivity index (χ0) is 15.3. The third-order valence-corrected chi connectivity index (χ3v) is 4.67. The lowest BCUT2D eigenvalue weighted by Gasteiger charge is -2.30. The third-order valence-electron chi connectivity index (χ3n) is 3.69.